The van der Waals surface area contributed by atoms with Crippen molar-refractivity contribution in [2.24, 2.45) is 5.41 Å². The van der Waals surface area contributed by atoms with Crippen LogP contribution in [0.5, 0.6) is 0 Å². The standard InChI is InChI=1S/C16H32O4Si/c1-11(18)16(7)12(2)19-15(6,10-17)13(16)20-21(8,9)14(3,4)5/h12-13,17H,10H2,1-9H3/t12-,13+,15+,16+/m0/s1. The van der Waals surface area contributed by atoms with Gasteiger partial charge in [0.05, 0.1) is 24.2 Å². The van der Waals surface area contributed by atoms with Crippen LogP contribution in [-0.2, 0) is 14.0 Å². The van der Waals surface area contributed by atoms with E-state index in [2.05, 4.69) is 33.9 Å². The summed E-state index contributed by atoms with van der Waals surface area (Å²) in [6, 6.07) is 0. The van der Waals surface area contributed by atoms with E-state index in [9.17, 15) is 9.90 Å². The van der Waals surface area contributed by atoms with Crippen LogP contribution in [0, 0.1) is 5.41 Å². The molecule has 4 nitrogen and oxygen atoms in total. The van der Waals surface area contributed by atoms with Crippen molar-refractivity contribution in [2.75, 3.05) is 6.61 Å². The molecule has 0 aliphatic carbocycles. The first-order chi connectivity index (χ1) is 9.22. The highest BCUT2D eigenvalue weighted by Gasteiger charge is 2.62. The molecule has 0 saturated carbocycles. The van der Waals surface area contributed by atoms with Crippen LogP contribution in [0.3, 0.4) is 0 Å². The van der Waals surface area contributed by atoms with Gasteiger partial charge in [0.25, 0.3) is 0 Å². The Morgan fingerprint density at radius 2 is 1.81 bits per heavy atom. The quantitative estimate of drug-likeness (QED) is 0.810. The molecule has 1 aliphatic heterocycles. The Kier molecular flexibility index (Phi) is 4.88. The predicted molar refractivity (Wildman–Crippen MR) is 86.9 cm³/mol. The summed E-state index contributed by atoms with van der Waals surface area (Å²) in [6.45, 7) is 17.9. The Balaban J connectivity index is 3.28. The van der Waals surface area contributed by atoms with Crippen molar-refractivity contribution in [1.29, 1.82) is 0 Å². The molecule has 1 rings (SSSR count). The highest BCUT2D eigenvalue weighted by molar-refractivity contribution is 6.74. The monoisotopic (exact) mass is 316 g/mol. The largest absolute Gasteiger partial charge is 0.410 e. The molecular formula is C16H32O4Si. The number of aliphatic hydroxyl groups is 1. The van der Waals surface area contributed by atoms with E-state index in [1.54, 1.807) is 6.92 Å². The predicted octanol–water partition coefficient (Wildman–Crippen LogP) is 3.14. The first-order valence-electron chi connectivity index (χ1n) is 7.70. The first kappa shape index (κ1) is 18.8. The summed E-state index contributed by atoms with van der Waals surface area (Å²) in [5.74, 6) is 0.0517. The molecule has 0 radical (unpaired) electrons. The summed E-state index contributed by atoms with van der Waals surface area (Å²) in [7, 11) is -2.08. The summed E-state index contributed by atoms with van der Waals surface area (Å²) >= 11 is 0. The maximum absolute atomic E-state index is 12.3. The zero-order valence-electron chi connectivity index (χ0n) is 15.0. The van der Waals surface area contributed by atoms with Gasteiger partial charge in [0, 0.05) is 0 Å². The van der Waals surface area contributed by atoms with E-state index >= 15 is 0 Å². The molecule has 21 heavy (non-hydrogen) atoms. The van der Waals surface area contributed by atoms with Gasteiger partial charge in [-0.3, -0.25) is 4.79 Å². The third-order valence-corrected chi connectivity index (χ3v) is 10.1. The molecule has 0 bridgehead atoms. The maximum atomic E-state index is 12.3. The molecule has 5 heteroatoms. The van der Waals surface area contributed by atoms with E-state index < -0.39 is 25.4 Å². The van der Waals surface area contributed by atoms with E-state index in [-0.39, 0.29) is 23.5 Å². The molecule has 124 valence electrons. The summed E-state index contributed by atoms with van der Waals surface area (Å²) in [4.78, 5) is 12.3. The van der Waals surface area contributed by atoms with Crippen LogP contribution in [0.15, 0.2) is 0 Å². The Morgan fingerprint density at radius 3 is 2.14 bits per heavy atom. The van der Waals surface area contributed by atoms with Gasteiger partial charge in [-0.1, -0.05) is 20.8 Å². The van der Waals surface area contributed by atoms with Crippen LogP contribution in [0.4, 0.5) is 0 Å². The molecule has 1 aliphatic rings. The van der Waals surface area contributed by atoms with E-state index in [0.717, 1.165) is 0 Å². The fraction of sp³-hybridized carbons (Fsp3) is 0.938. The van der Waals surface area contributed by atoms with Gasteiger partial charge in [-0.15, -0.1) is 0 Å². The fourth-order valence-electron chi connectivity index (χ4n) is 2.74. The van der Waals surface area contributed by atoms with Crippen LogP contribution in [0.1, 0.15) is 48.5 Å². The Bertz CT molecular complexity index is 415. The van der Waals surface area contributed by atoms with Crippen molar-refractivity contribution < 1.29 is 19.1 Å². The molecule has 1 N–H and O–H groups in total. The van der Waals surface area contributed by atoms with Gasteiger partial charge >= 0.3 is 0 Å². The number of hydrogen-bond acceptors (Lipinski definition) is 4. The second kappa shape index (κ2) is 5.44. The molecule has 0 aromatic rings. The van der Waals surface area contributed by atoms with Gasteiger partial charge < -0.3 is 14.3 Å². The van der Waals surface area contributed by atoms with Crippen molar-refractivity contribution in [1.82, 2.24) is 0 Å². The summed E-state index contributed by atoms with van der Waals surface area (Å²) < 4.78 is 12.5. The van der Waals surface area contributed by atoms with Crippen molar-refractivity contribution in [2.45, 2.75) is 84.4 Å². The van der Waals surface area contributed by atoms with Crippen LogP contribution >= 0.6 is 0 Å². The molecule has 0 unspecified atom stereocenters. The van der Waals surface area contributed by atoms with E-state index in [1.807, 2.05) is 20.8 Å². The lowest BCUT2D eigenvalue weighted by Gasteiger charge is -2.45. The SMILES string of the molecule is CC(=O)[C@]1(C)[C@H](C)O[C@](C)(CO)[C@H]1O[Si](C)(C)C(C)(C)C. The minimum absolute atomic E-state index is 0.0346. The average molecular weight is 317 g/mol. The van der Waals surface area contributed by atoms with Crippen LogP contribution in [0.2, 0.25) is 18.1 Å². The third kappa shape index (κ3) is 2.98. The molecule has 1 saturated heterocycles. The molecular weight excluding hydrogens is 284 g/mol. The van der Waals surface area contributed by atoms with Crippen LogP contribution in [0.25, 0.3) is 0 Å². The first-order valence-corrected chi connectivity index (χ1v) is 10.6. The van der Waals surface area contributed by atoms with Crippen molar-refractivity contribution in [3.8, 4) is 0 Å². The Morgan fingerprint density at radius 1 is 1.33 bits per heavy atom. The topological polar surface area (TPSA) is 55.8 Å². The molecule has 0 amide bonds. The molecule has 4 atom stereocenters. The lowest BCUT2D eigenvalue weighted by Crippen LogP contribution is -2.57. The maximum Gasteiger partial charge on any atom is 0.192 e. The number of carbonyl (C=O) groups excluding carboxylic acids is 1. The van der Waals surface area contributed by atoms with Gasteiger partial charge in [-0.25, -0.2) is 0 Å². The summed E-state index contributed by atoms with van der Waals surface area (Å²) in [6.07, 6.45) is -0.703. The van der Waals surface area contributed by atoms with Crippen LogP contribution in [-0.4, -0.2) is 43.6 Å². The molecule has 0 spiro atoms. The second-order valence-electron chi connectivity index (χ2n) is 8.33. The minimum atomic E-state index is -2.08. The lowest BCUT2D eigenvalue weighted by atomic mass is 9.74. The lowest BCUT2D eigenvalue weighted by molar-refractivity contribution is -0.131. The number of ketones is 1. The zero-order chi connectivity index (χ0) is 16.9. The Hall–Kier alpha value is -0.233. The highest BCUT2D eigenvalue weighted by Crippen LogP contribution is 2.50. The van der Waals surface area contributed by atoms with Gasteiger partial charge in [-0.05, 0) is 45.8 Å². The minimum Gasteiger partial charge on any atom is -0.410 e. The summed E-state index contributed by atoms with van der Waals surface area (Å²) in [5.41, 5.74) is -1.57. The van der Waals surface area contributed by atoms with Crippen molar-refractivity contribution >= 4 is 14.1 Å². The molecule has 1 heterocycles. The number of carbonyl (C=O) groups is 1. The van der Waals surface area contributed by atoms with Gasteiger partial charge in [0.15, 0.2) is 8.32 Å². The van der Waals surface area contributed by atoms with Gasteiger partial charge in [-0.2, -0.15) is 0 Å². The fourth-order valence-corrected chi connectivity index (χ4v) is 4.18. The zero-order valence-corrected chi connectivity index (χ0v) is 16.0. The summed E-state index contributed by atoms with van der Waals surface area (Å²) in [5, 5.41) is 9.86. The second-order valence-corrected chi connectivity index (χ2v) is 13.1. The Labute approximate surface area is 130 Å². The van der Waals surface area contributed by atoms with Gasteiger partial charge in [0.1, 0.15) is 11.4 Å². The van der Waals surface area contributed by atoms with E-state index in [4.69, 9.17) is 9.16 Å². The number of rotatable bonds is 4. The molecule has 0 aromatic carbocycles. The van der Waals surface area contributed by atoms with Crippen molar-refractivity contribution in [3.63, 3.8) is 0 Å². The number of ether oxygens (including phenoxy) is 1. The third-order valence-electron chi connectivity index (χ3n) is 5.68. The molecule has 0 aromatic heterocycles. The highest BCUT2D eigenvalue weighted by atomic mass is 28.4. The molecule has 1 fully saturated rings. The van der Waals surface area contributed by atoms with E-state index in [1.165, 1.54) is 0 Å². The van der Waals surface area contributed by atoms with Gasteiger partial charge in [0.2, 0.25) is 0 Å². The van der Waals surface area contributed by atoms with Crippen molar-refractivity contribution in [3.05, 3.63) is 0 Å². The number of hydrogen-bond donors (Lipinski definition) is 1. The normalized spacial score (nSPS) is 37.8. The van der Waals surface area contributed by atoms with Crippen LogP contribution < -0.4 is 0 Å². The van der Waals surface area contributed by atoms with E-state index in [0.29, 0.717) is 0 Å². The number of Topliss-reactive ketones (excluding diaryl/α,β-unsaturated/α-hetero) is 1. The average Bonchev–Trinajstić information content (AvgIpc) is 2.50. The smallest absolute Gasteiger partial charge is 0.192 e. The number of aliphatic hydroxyl groups excluding tert-OH is 1.